The number of rotatable bonds is 26. The van der Waals surface area contributed by atoms with Crippen molar-refractivity contribution >= 4 is 82.5 Å². The third-order valence-electron chi connectivity index (χ3n) is 9.08. The number of thioether (sulfide) groups is 6. The average Bonchev–Trinajstić information content (AvgIpc) is 3.96. The van der Waals surface area contributed by atoms with Gasteiger partial charge in [0.1, 0.15) is 25.4 Å². The lowest BCUT2D eigenvalue weighted by atomic mass is 9.77. The maximum Gasteiger partial charge on any atom is 0.330 e. The van der Waals surface area contributed by atoms with Gasteiger partial charge in [-0.15, -0.1) is 47.0 Å². The number of esters is 2. The van der Waals surface area contributed by atoms with E-state index < -0.39 is 29.6 Å². The van der Waals surface area contributed by atoms with E-state index in [1.165, 1.54) is 35.2 Å². The van der Waals surface area contributed by atoms with E-state index in [0.717, 1.165) is 35.5 Å². The summed E-state index contributed by atoms with van der Waals surface area (Å²) in [5.74, 6) is 9.59. The third kappa shape index (κ3) is 14.5. The van der Waals surface area contributed by atoms with Crippen LogP contribution in [0, 0.1) is 0 Å². The highest BCUT2D eigenvalue weighted by Crippen LogP contribution is 2.47. The topological polar surface area (TPSA) is 108 Å². The van der Waals surface area contributed by atoms with Gasteiger partial charge in [0.05, 0.1) is 37.6 Å². The lowest BCUT2D eigenvalue weighted by molar-refractivity contribution is -0.144. The lowest BCUT2D eigenvalue weighted by Crippen LogP contribution is -2.27. The van der Waals surface area contributed by atoms with E-state index in [0.29, 0.717) is 55.2 Å². The van der Waals surface area contributed by atoms with Gasteiger partial charge in [-0.1, -0.05) is 27.0 Å². The van der Waals surface area contributed by atoms with Crippen LogP contribution in [0.15, 0.2) is 49.6 Å². The summed E-state index contributed by atoms with van der Waals surface area (Å²) in [6.07, 6.45) is 3.53. The maximum atomic E-state index is 12.2. The first-order valence-corrected chi connectivity index (χ1v) is 25.1. The predicted molar refractivity (Wildman–Crippen MR) is 244 cm³/mol. The summed E-state index contributed by atoms with van der Waals surface area (Å²) in [4.78, 5) is 24.4. The summed E-state index contributed by atoms with van der Waals surface area (Å²) in [5.41, 5.74) is 1.12. The van der Waals surface area contributed by atoms with Gasteiger partial charge < -0.3 is 37.9 Å². The zero-order chi connectivity index (χ0) is 41.2. The van der Waals surface area contributed by atoms with Crippen LogP contribution in [0.5, 0.6) is 34.5 Å². The summed E-state index contributed by atoms with van der Waals surface area (Å²) >= 11 is 11.5. The van der Waals surface area contributed by atoms with Crippen molar-refractivity contribution in [1.29, 1.82) is 0 Å². The van der Waals surface area contributed by atoms with Gasteiger partial charge in [-0.05, 0) is 59.7 Å². The smallest absolute Gasteiger partial charge is 0.330 e. The minimum atomic E-state index is -0.624. The first kappa shape index (κ1) is 47.4. The molecule has 4 rings (SSSR count). The van der Waals surface area contributed by atoms with Crippen LogP contribution in [0.1, 0.15) is 37.8 Å². The molecular formula is C41H56O10S6. The number of methoxy groups -OCH3 is 4. The highest BCUT2D eigenvalue weighted by Gasteiger charge is 2.31. The van der Waals surface area contributed by atoms with Crippen molar-refractivity contribution in [3.8, 4) is 34.5 Å². The third-order valence-corrected chi connectivity index (χ3v) is 17.7. The maximum absolute atomic E-state index is 12.2. The molecule has 2 aliphatic rings. The normalized spacial score (nSPS) is 15.7. The Balaban J connectivity index is 1.50. The van der Waals surface area contributed by atoms with Gasteiger partial charge in [-0.3, -0.25) is 0 Å². The SMILES string of the molecule is C=CC(=O)OC(COc1c(OC)cc(C(C)(C)c2cc(OC)c(OCC(CSCCC3SCCS3)OC(=O)C=C)c(OC)c2)cc1OC)CSCCC1SCCS1. The Morgan fingerprint density at radius 2 is 1.00 bits per heavy atom. The minimum absolute atomic E-state index is 0.107. The Kier molecular flexibility index (Phi) is 20.6. The van der Waals surface area contributed by atoms with E-state index in [2.05, 4.69) is 27.0 Å². The molecule has 2 fully saturated rings. The molecule has 2 atom stereocenters. The van der Waals surface area contributed by atoms with Gasteiger partial charge in [-0.2, -0.15) is 23.5 Å². The zero-order valence-electron chi connectivity index (χ0n) is 33.7. The van der Waals surface area contributed by atoms with Crippen LogP contribution in [-0.2, 0) is 24.5 Å². The van der Waals surface area contributed by atoms with E-state index in [1.807, 2.05) is 71.3 Å². The first-order chi connectivity index (χ1) is 27.6. The van der Waals surface area contributed by atoms with Crippen LogP contribution in [0.25, 0.3) is 0 Å². The molecule has 10 nitrogen and oxygen atoms in total. The van der Waals surface area contributed by atoms with Crippen molar-refractivity contribution in [2.45, 2.75) is 53.5 Å². The van der Waals surface area contributed by atoms with Gasteiger partial charge in [-0.25, -0.2) is 9.59 Å². The van der Waals surface area contributed by atoms with E-state index in [1.54, 1.807) is 52.0 Å². The number of benzene rings is 2. The molecule has 2 heterocycles. The van der Waals surface area contributed by atoms with E-state index in [4.69, 9.17) is 37.9 Å². The second kappa shape index (κ2) is 24.7. The van der Waals surface area contributed by atoms with Gasteiger partial charge in [0.15, 0.2) is 23.0 Å². The highest BCUT2D eigenvalue weighted by molar-refractivity contribution is 8.20. The van der Waals surface area contributed by atoms with Crippen molar-refractivity contribution in [2.24, 2.45) is 0 Å². The number of carbonyl (C=O) groups is 2. The zero-order valence-corrected chi connectivity index (χ0v) is 38.6. The second-order valence-electron chi connectivity index (χ2n) is 13.3. The number of hydrogen-bond acceptors (Lipinski definition) is 16. The molecule has 2 aliphatic heterocycles. The molecule has 0 radical (unpaired) electrons. The Morgan fingerprint density at radius 3 is 1.30 bits per heavy atom. The molecule has 0 N–H and O–H groups in total. The molecule has 0 aliphatic carbocycles. The largest absolute Gasteiger partial charge is 0.493 e. The van der Waals surface area contributed by atoms with E-state index in [-0.39, 0.29) is 13.2 Å². The molecule has 0 spiro atoms. The highest BCUT2D eigenvalue weighted by atomic mass is 32.2. The molecule has 2 aromatic rings. The van der Waals surface area contributed by atoms with Crippen molar-refractivity contribution in [2.75, 3.05) is 87.7 Å². The summed E-state index contributed by atoms with van der Waals surface area (Å²) in [5, 5.41) is 0. The number of hydrogen-bond donors (Lipinski definition) is 0. The van der Waals surface area contributed by atoms with Crippen molar-refractivity contribution in [3.05, 3.63) is 60.7 Å². The fourth-order valence-electron chi connectivity index (χ4n) is 5.88. The van der Waals surface area contributed by atoms with Crippen molar-refractivity contribution in [1.82, 2.24) is 0 Å². The molecule has 0 bridgehead atoms. The standard InChI is InChI=1S/C41H56O10S6/c1-9-35(42)50-29(25-52-13-11-37-54-15-16-55-37)23-48-39-31(44-5)19-27(20-32(39)45-6)41(3,4)28-21-33(46-7)40(34(22-28)47-8)49-24-30(51-36(43)10-2)26-53-14-12-38-56-17-18-57-38/h9-10,19-22,29-30,37-38H,1-2,11-18,23-26H2,3-8H3. The van der Waals surface area contributed by atoms with Gasteiger partial charge in [0, 0.05) is 52.1 Å². The minimum Gasteiger partial charge on any atom is -0.493 e. The Hall–Kier alpha value is -2.24. The summed E-state index contributed by atoms with van der Waals surface area (Å²) in [6.45, 7) is 11.5. The molecular weight excluding hydrogens is 845 g/mol. The molecule has 16 heteroatoms. The average molecular weight is 901 g/mol. The quantitative estimate of drug-likeness (QED) is 0.0509. The molecule has 57 heavy (non-hydrogen) atoms. The number of carbonyl (C=O) groups excluding carboxylic acids is 2. The van der Waals surface area contributed by atoms with Crippen LogP contribution in [0.3, 0.4) is 0 Å². The molecule has 2 aromatic carbocycles. The Labute approximate surface area is 364 Å². The van der Waals surface area contributed by atoms with Gasteiger partial charge in [0.25, 0.3) is 0 Å². The molecule has 2 saturated heterocycles. The van der Waals surface area contributed by atoms with Gasteiger partial charge in [0.2, 0.25) is 11.5 Å². The van der Waals surface area contributed by atoms with Crippen LogP contribution < -0.4 is 28.4 Å². The van der Waals surface area contributed by atoms with Crippen LogP contribution >= 0.6 is 70.6 Å². The molecule has 0 saturated carbocycles. The van der Waals surface area contributed by atoms with Crippen LogP contribution in [0.2, 0.25) is 0 Å². The van der Waals surface area contributed by atoms with Crippen LogP contribution in [0.4, 0.5) is 0 Å². The number of ether oxygens (including phenoxy) is 8. The lowest BCUT2D eigenvalue weighted by Gasteiger charge is -2.29. The van der Waals surface area contributed by atoms with Crippen molar-refractivity contribution in [3.63, 3.8) is 0 Å². The molecule has 316 valence electrons. The summed E-state index contributed by atoms with van der Waals surface area (Å²) in [7, 11) is 6.30. The summed E-state index contributed by atoms with van der Waals surface area (Å²) < 4.78 is 48.6. The monoisotopic (exact) mass is 900 g/mol. The molecule has 0 amide bonds. The molecule has 2 unspecified atom stereocenters. The first-order valence-electron chi connectivity index (χ1n) is 18.6. The van der Waals surface area contributed by atoms with E-state index >= 15 is 0 Å². The van der Waals surface area contributed by atoms with Gasteiger partial charge >= 0.3 is 11.9 Å². The summed E-state index contributed by atoms with van der Waals surface area (Å²) in [6, 6.07) is 7.66. The van der Waals surface area contributed by atoms with Crippen LogP contribution in [-0.4, -0.2) is 121 Å². The fourth-order valence-corrected chi connectivity index (χ4v) is 14.1. The Morgan fingerprint density at radius 1 is 0.667 bits per heavy atom. The molecule has 0 aromatic heterocycles. The van der Waals surface area contributed by atoms with Crippen molar-refractivity contribution < 1.29 is 47.5 Å². The fraction of sp³-hybridized carbons (Fsp3) is 0.561. The predicted octanol–water partition coefficient (Wildman–Crippen LogP) is 8.86. The Bertz CT molecular complexity index is 1450. The van der Waals surface area contributed by atoms with E-state index in [9.17, 15) is 9.59 Å². The second-order valence-corrected chi connectivity index (χ2v) is 21.4.